The highest BCUT2D eigenvalue weighted by Gasteiger charge is 2.46. The number of carbonyl (C=O) groups excluding carboxylic acids is 1. The largest absolute Gasteiger partial charge is 0.481 e. The predicted molar refractivity (Wildman–Crippen MR) is 79.0 cm³/mol. The highest BCUT2D eigenvalue weighted by molar-refractivity contribution is 5.76. The molecular weight excluding hydrogens is 268 g/mol. The Morgan fingerprint density at radius 2 is 1.90 bits per heavy atom. The molecule has 21 heavy (non-hydrogen) atoms. The van der Waals surface area contributed by atoms with Gasteiger partial charge in [-0.1, -0.05) is 12.8 Å². The minimum atomic E-state index is -0.780. The Labute approximate surface area is 126 Å². The second-order valence-electron chi connectivity index (χ2n) is 7.13. The fourth-order valence-corrected chi connectivity index (χ4v) is 4.11. The van der Waals surface area contributed by atoms with E-state index in [1.54, 1.807) is 4.90 Å². The van der Waals surface area contributed by atoms with Gasteiger partial charge in [-0.05, 0) is 49.9 Å². The van der Waals surface area contributed by atoms with Crippen LogP contribution in [0.15, 0.2) is 0 Å². The Bertz CT molecular complexity index is 416. The number of amides is 2. The van der Waals surface area contributed by atoms with Crippen molar-refractivity contribution >= 4 is 12.0 Å². The lowest BCUT2D eigenvalue weighted by Gasteiger charge is -2.52. The maximum atomic E-state index is 12.3. The fraction of sp³-hybridized carbons (Fsp3) is 0.875. The molecule has 1 aliphatic heterocycles. The van der Waals surface area contributed by atoms with Crippen LogP contribution in [0, 0.1) is 17.3 Å². The topological polar surface area (TPSA) is 69.6 Å². The van der Waals surface area contributed by atoms with Gasteiger partial charge in [0, 0.05) is 19.6 Å². The number of nitrogens with zero attached hydrogens (tertiary/aromatic N) is 1. The molecule has 1 atom stereocenters. The van der Waals surface area contributed by atoms with Crippen molar-refractivity contribution in [2.24, 2.45) is 17.3 Å². The number of urea groups is 1. The van der Waals surface area contributed by atoms with Gasteiger partial charge in [-0.3, -0.25) is 4.79 Å². The summed E-state index contributed by atoms with van der Waals surface area (Å²) in [5, 5.41) is 12.2. The van der Waals surface area contributed by atoms with Gasteiger partial charge in [0.15, 0.2) is 0 Å². The van der Waals surface area contributed by atoms with Crippen LogP contribution < -0.4 is 5.32 Å². The van der Waals surface area contributed by atoms with Gasteiger partial charge in [-0.15, -0.1) is 0 Å². The Kier molecular flexibility index (Phi) is 4.09. The average Bonchev–Trinajstić information content (AvgIpc) is 2.39. The molecule has 3 rings (SSSR count). The van der Waals surface area contributed by atoms with E-state index >= 15 is 0 Å². The Morgan fingerprint density at radius 1 is 1.14 bits per heavy atom. The second-order valence-corrected chi connectivity index (χ2v) is 7.13. The third-order valence-corrected chi connectivity index (χ3v) is 5.97. The van der Waals surface area contributed by atoms with Gasteiger partial charge in [0.25, 0.3) is 0 Å². The summed E-state index contributed by atoms with van der Waals surface area (Å²) in [6, 6.07) is -0.0634. The third kappa shape index (κ3) is 2.87. The van der Waals surface area contributed by atoms with Crippen molar-refractivity contribution < 1.29 is 14.7 Å². The van der Waals surface area contributed by atoms with Gasteiger partial charge in [-0.2, -0.15) is 0 Å². The van der Waals surface area contributed by atoms with E-state index in [0.29, 0.717) is 24.9 Å². The first-order valence-corrected chi connectivity index (χ1v) is 8.36. The molecule has 0 aromatic carbocycles. The molecule has 1 heterocycles. The molecule has 2 N–H and O–H groups in total. The molecule has 2 aliphatic carbocycles. The summed E-state index contributed by atoms with van der Waals surface area (Å²) < 4.78 is 0. The summed E-state index contributed by atoms with van der Waals surface area (Å²) in [6.45, 7) is 1.83. The standard InChI is InChI=1S/C16H26N2O3/c19-14(20)12-4-2-9-18(10-12)15(21)17-11-16(7-3-8-16)13-5-1-6-13/h12-13H,1-11H2,(H,17,21)(H,19,20). The van der Waals surface area contributed by atoms with Crippen molar-refractivity contribution in [3.8, 4) is 0 Å². The van der Waals surface area contributed by atoms with E-state index in [9.17, 15) is 9.59 Å². The summed E-state index contributed by atoms with van der Waals surface area (Å²) in [4.78, 5) is 25.1. The number of nitrogens with one attached hydrogen (secondary N) is 1. The van der Waals surface area contributed by atoms with E-state index in [-0.39, 0.29) is 6.03 Å². The average molecular weight is 294 g/mol. The molecule has 2 saturated carbocycles. The quantitative estimate of drug-likeness (QED) is 0.837. The van der Waals surface area contributed by atoms with E-state index in [4.69, 9.17) is 5.11 Å². The summed E-state index contributed by atoms with van der Waals surface area (Å²) >= 11 is 0. The first kappa shape index (κ1) is 14.7. The molecule has 1 unspecified atom stereocenters. The van der Waals surface area contributed by atoms with Crippen molar-refractivity contribution in [3.63, 3.8) is 0 Å². The zero-order valence-electron chi connectivity index (χ0n) is 12.6. The van der Waals surface area contributed by atoms with Crippen LogP contribution in [0.5, 0.6) is 0 Å². The molecule has 1 saturated heterocycles. The molecular formula is C16H26N2O3. The van der Waals surface area contributed by atoms with Crippen molar-refractivity contribution in [1.29, 1.82) is 0 Å². The molecule has 0 aromatic rings. The molecule has 0 aromatic heterocycles. The minimum Gasteiger partial charge on any atom is -0.481 e. The number of likely N-dealkylation sites (tertiary alicyclic amines) is 1. The van der Waals surface area contributed by atoms with Crippen molar-refractivity contribution in [3.05, 3.63) is 0 Å². The Hall–Kier alpha value is -1.26. The number of piperidine rings is 1. The minimum absolute atomic E-state index is 0.0634. The molecule has 2 amide bonds. The molecule has 5 heteroatoms. The molecule has 0 radical (unpaired) electrons. The lowest BCUT2D eigenvalue weighted by Crippen LogP contribution is -2.53. The number of carboxylic acid groups (broad SMARTS) is 1. The number of carbonyl (C=O) groups is 2. The Morgan fingerprint density at radius 3 is 2.43 bits per heavy atom. The maximum Gasteiger partial charge on any atom is 0.317 e. The highest BCUT2D eigenvalue weighted by Crippen LogP contribution is 2.53. The Balaban J connectivity index is 1.50. The molecule has 3 fully saturated rings. The van der Waals surface area contributed by atoms with Crippen LogP contribution in [0.25, 0.3) is 0 Å². The number of rotatable bonds is 4. The van der Waals surface area contributed by atoms with Gasteiger partial charge >= 0.3 is 12.0 Å². The SMILES string of the molecule is O=C(O)C1CCCN(C(=O)NCC2(C3CCC3)CCC2)C1. The summed E-state index contributed by atoms with van der Waals surface area (Å²) in [5.41, 5.74) is 0.357. The van der Waals surface area contributed by atoms with Crippen molar-refractivity contribution in [2.75, 3.05) is 19.6 Å². The maximum absolute atomic E-state index is 12.3. The number of hydrogen-bond donors (Lipinski definition) is 2. The number of aliphatic carboxylic acids is 1. The lowest BCUT2D eigenvalue weighted by molar-refractivity contribution is -0.143. The smallest absolute Gasteiger partial charge is 0.317 e. The zero-order chi connectivity index (χ0) is 14.9. The lowest BCUT2D eigenvalue weighted by atomic mass is 9.55. The van der Waals surface area contributed by atoms with Gasteiger partial charge in [0.1, 0.15) is 0 Å². The van der Waals surface area contributed by atoms with Gasteiger partial charge in [0.05, 0.1) is 5.92 Å². The van der Waals surface area contributed by atoms with E-state index in [0.717, 1.165) is 18.9 Å². The molecule has 5 nitrogen and oxygen atoms in total. The van der Waals surface area contributed by atoms with E-state index < -0.39 is 11.9 Å². The van der Waals surface area contributed by atoms with Gasteiger partial charge in [0.2, 0.25) is 0 Å². The second kappa shape index (κ2) is 5.85. The highest BCUT2D eigenvalue weighted by atomic mass is 16.4. The van der Waals surface area contributed by atoms with Crippen LogP contribution in [0.1, 0.15) is 51.4 Å². The summed E-state index contributed by atoms with van der Waals surface area (Å²) in [6.07, 6.45) is 9.24. The first-order chi connectivity index (χ1) is 10.1. The van der Waals surface area contributed by atoms with E-state index in [1.807, 2.05) is 0 Å². The van der Waals surface area contributed by atoms with E-state index in [2.05, 4.69) is 5.32 Å². The first-order valence-electron chi connectivity index (χ1n) is 8.36. The van der Waals surface area contributed by atoms with Crippen LogP contribution in [0.4, 0.5) is 4.79 Å². The molecule has 0 bridgehead atoms. The van der Waals surface area contributed by atoms with Crippen LogP contribution in [0.3, 0.4) is 0 Å². The van der Waals surface area contributed by atoms with Gasteiger partial charge < -0.3 is 15.3 Å². The number of carboxylic acids is 1. The van der Waals surface area contributed by atoms with Crippen molar-refractivity contribution in [1.82, 2.24) is 10.2 Å². The summed E-state index contributed by atoms with van der Waals surface area (Å²) in [7, 11) is 0. The monoisotopic (exact) mass is 294 g/mol. The van der Waals surface area contributed by atoms with Crippen LogP contribution in [0.2, 0.25) is 0 Å². The summed E-state index contributed by atoms with van der Waals surface area (Å²) in [5.74, 6) is -0.370. The normalized spacial score (nSPS) is 28.4. The van der Waals surface area contributed by atoms with Crippen LogP contribution in [-0.4, -0.2) is 41.6 Å². The van der Waals surface area contributed by atoms with Crippen LogP contribution >= 0.6 is 0 Å². The molecule has 0 spiro atoms. The molecule has 118 valence electrons. The van der Waals surface area contributed by atoms with Crippen LogP contribution in [-0.2, 0) is 4.79 Å². The zero-order valence-corrected chi connectivity index (χ0v) is 12.6. The fourth-order valence-electron chi connectivity index (χ4n) is 4.11. The van der Waals surface area contributed by atoms with Crippen molar-refractivity contribution in [2.45, 2.75) is 51.4 Å². The van der Waals surface area contributed by atoms with Gasteiger partial charge in [-0.25, -0.2) is 4.79 Å². The third-order valence-electron chi connectivity index (χ3n) is 5.97. The number of hydrogen-bond acceptors (Lipinski definition) is 2. The predicted octanol–water partition coefficient (Wildman–Crippen LogP) is 2.46. The molecule has 3 aliphatic rings. The van der Waals surface area contributed by atoms with E-state index in [1.165, 1.54) is 38.5 Å².